The SMILES string of the molecule is Cc1cccc(=O)n1CCCNC(=O)c1ccc2c(c1)nc(C)n2-c1ccccc1. The molecule has 0 saturated heterocycles. The molecule has 6 heteroatoms. The first-order valence-corrected chi connectivity index (χ1v) is 10.0. The van der Waals surface area contributed by atoms with Crippen molar-refractivity contribution in [1.82, 2.24) is 19.4 Å². The molecule has 4 rings (SSSR count). The highest BCUT2D eigenvalue weighted by Gasteiger charge is 2.12. The molecule has 0 unspecified atom stereocenters. The van der Waals surface area contributed by atoms with E-state index in [1.807, 2.05) is 68.4 Å². The van der Waals surface area contributed by atoms with Crippen LogP contribution in [0.25, 0.3) is 16.7 Å². The first kappa shape index (κ1) is 19.6. The molecule has 2 aromatic heterocycles. The van der Waals surface area contributed by atoms with Crippen molar-refractivity contribution in [3.05, 3.63) is 94.2 Å². The molecule has 0 aliphatic carbocycles. The van der Waals surface area contributed by atoms with Crippen molar-refractivity contribution in [3.63, 3.8) is 0 Å². The number of nitrogens with zero attached hydrogens (tertiary/aromatic N) is 3. The van der Waals surface area contributed by atoms with Crippen molar-refractivity contribution in [1.29, 1.82) is 0 Å². The normalized spacial score (nSPS) is 11.0. The average molecular weight is 400 g/mol. The number of hydrogen-bond acceptors (Lipinski definition) is 3. The second-order valence-corrected chi connectivity index (χ2v) is 7.30. The van der Waals surface area contributed by atoms with Crippen LogP contribution in [0.4, 0.5) is 0 Å². The number of rotatable bonds is 6. The van der Waals surface area contributed by atoms with Gasteiger partial charge in [0.1, 0.15) is 5.82 Å². The molecular weight excluding hydrogens is 376 g/mol. The number of benzene rings is 2. The number of hydrogen-bond donors (Lipinski definition) is 1. The summed E-state index contributed by atoms with van der Waals surface area (Å²) in [5.74, 6) is 0.735. The van der Waals surface area contributed by atoms with Gasteiger partial charge in [0.25, 0.3) is 11.5 Å². The number of nitrogens with one attached hydrogen (secondary N) is 1. The summed E-state index contributed by atoms with van der Waals surface area (Å²) in [5, 5.41) is 2.94. The largest absolute Gasteiger partial charge is 0.352 e. The van der Waals surface area contributed by atoms with Crippen LogP contribution in [0, 0.1) is 13.8 Å². The first-order valence-electron chi connectivity index (χ1n) is 10.0. The van der Waals surface area contributed by atoms with Crippen LogP contribution >= 0.6 is 0 Å². The van der Waals surface area contributed by atoms with Crippen LogP contribution in [-0.2, 0) is 6.54 Å². The van der Waals surface area contributed by atoms with Crippen LogP contribution in [0.1, 0.15) is 28.3 Å². The molecule has 0 radical (unpaired) electrons. The Morgan fingerprint density at radius 1 is 1.00 bits per heavy atom. The molecule has 1 N–H and O–H groups in total. The highest BCUT2D eigenvalue weighted by molar-refractivity contribution is 5.97. The molecule has 6 nitrogen and oxygen atoms in total. The zero-order valence-electron chi connectivity index (χ0n) is 17.1. The summed E-state index contributed by atoms with van der Waals surface area (Å²) >= 11 is 0. The van der Waals surface area contributed by atoms with Gasteiger partial charge in [0.15, 0.2) is 0 Å². The molecule has 152 valence electrons. The maximum absolute atomic E-state index is 12.6. The fraction of sp³-hybridized carbons (Fsp3) is 0.208. The molecule has 30 heavy (non-hydrogen) atoms. The van der Waals surface area contributed by atoms with Crippen molar-refractivity contribution in [2.45, 2.75) is 26.8 Å². The predicted octanol–water partition coefficient (Wildman–Crippen LogP) is 3.62. The van der Waals surface area contributed by atoms with Gasteiger partial charge < -0.3 is 9.88 Å². The Morgan fingerprint density at radius 2 is 1.80 bits per heavy atom. The average Bonchev–Trinajstić information content (AvgIpc) is 3.08. The number of aromatic nitrogens is 3. The summed E-state index contributed by atoms with van der Waals surface area (Å²) in [6.07, 6.45) is 0.681. The van der Waals surface area contributed by atoms with Crippen LogP contribution < -0.4 is 10.9 Å². The fourth-order valence-corrected chi connectivity index (χ4v) is 3.70. The van der Waals surface area contributed by atoms with Crippen molar-refractivity contribution < 1.29 is 4.79 Å². The second-order valence-electron chi connectivity index (χ2n) is 7.30. The van der Waals surface area contributed by atoms with E-state index in [4.69, 9.17) is 0 Å². The summed E-state index contributed by atoms with van der Waals surface area (Å²) in [6, 6.07) is 20.8. The van der Waals surface area contributed by atoms with E-state index in [2.05, 4.69) is 14.9 Å². The molecule has 0 saturated carbocycles. The van der Waals surface area contributed by atoms with Crippen molar-refractivity contribution in [2.24, 2.45) is 0 Å². The zero-order chi connectivity index (χ0) is 21.1. The van der Waals surface area contributed by atoms with Gasteiger partial charge in [-0.3, -0.25) is 14.2 Å². The summed E-state index contributed by atoms with van der Waals surface area (Å²) < 4.78 is 3.80. The van der Waals surface area contributed by atoms with Crippen LogP contribution in [-0.4, -0.2) is 26.6 Å². The molecule has 2 aromatic carbocycles. The molecule has 0 spiro atoms. The third-order valence-corrected chi connectivity index (χ3v) is 5.21. The Bertz CT molecular complexity index is 1260. The van der Waals surface area contributed by atoms with E-state index >= 15 is 0 Å². The van der Waals surface area contributed by atoms with E-state index in [1.54, 1.807) is 16.7 Å². The van der Waals surface area contributed by atoms with Crippen LogP contribution in [0.2, 0.25) is 0 Å². The standard InChI is InChI=1S/C24H24N4O2/c1-17-8-6-11-23(29)27(17)15-7-14-25-24(30)19-12-13-22-21(16-19)26-18(2)28(22)20-9-4-3-5-10-20/h3-6,8-13,16H,7,14-15H2,1-2H3,(H,25,30). The predicted molar refractivity (Wildman–Crippen MR) is 118 cm³/mol. The highest BCUT2D eigenvalue weighted by atomic mass is 16.1. The van der Waals surface area contributed by atoms with Gasteiger partial charge >= 0.3 is 0 Å². The maximum Gasteiger partial charge on any atom is 0.251 e. The summed E-state index contributed by atoms with van der Waals surface area (Å²) in [5.41, 5.74) is 4.28. The lowest BCUT2D eigenvalue weighted by molar-refractivity contribution is 0.0953. The molecule has 1 amide bonds. The summed E-state index contributed by atoms with van der Waals surface area (Å²) in [7, 11) is 0. The number of imidazole rings is 1. The number of carbonyl (C=O) groups excluding carboxylic acids is 1. The van der Waals surface area contributed by atoms with Crippen molar-refractivity contribution in [3.8, 4) is 5.69 Å². The van der Waals surface area contributed by atoms with E-state index in [9.17, 15) is 9.59 Å². The number of amides is 1. The number of aryl methyl sites for hydroxylation is 2. The minimum atomic E-state index is -0.138. The van der Waals surface area contributed by atoms with Crippen molar-refractivity contribution >= 4 is 16.9 Å². The molecule has 0 atom stereocenters. The lowest BCUT2D eigenvalue weighted by atomic mass is 10.2. The van der Waals surface area contributed by atoms with Crippen LogP contribution in [0.3, 0.4) is 0 Å². The van der Waals surface area contributed by atoms with Gasteiger partial charge in [-0.2, -0.15) is 0 Å². The van der Waals surface area contributed by atoms with Crippen molar-refractivity contribution in [2.75, 3.05) is 6.54 Å². The first-order chi connectivity index (χ1) is 14.5. The quantitative estimate of drug-likeness (QED) is 0.503. The molecule has 0 aliphatic heterocycles. The lowest BCUT2D eigenvalue weighted by Gasteiger charge is -2.10. The highest BCUT2D eigenvalue weighted by Crippen LogP contribution is 2.22. The number of fused-ring (bicyclic) bond motifs is 1. The van der Waals surface area contributed by atoms with Crippen LogP contribution in [0.15, 0.2) is 71.5 Å². The number of carbonyl (C=O) groups is 1. The molecular formula is C24H24N4O2. The van der Waals surface area contributed by atoms with Gasteiger partial charge in [0.2, 0.25) is 0 Å². The van der Waals surface area contributed by atoms with Gasteiger partial charge in [-0.25, -0.2) is 4.98 Å². The van der Waals surface area contributed by atoms with E-state index in [0.29, 0.717) is 25.1 Å². The van der Waals surface area contributed by atoms with E-state index in [1.165, 1.54) is 0 Å². The Kier molecular flexibility index (Phi) is 5.48. The minimum absolute atomic E-state index is 0.0175. The Labute approximate surface area is 174 Å². The summed E-state index contributed by atoms with van der Waals surface area (Å²) in [4.78, 5) is 29.1. The Balaban J connectivity index is 1.45. The Morgan fingerprint density at radius 3 is 2.57 bits per heavy atom. The maximum atomic E-state index is 12.6. The summed E-state index contributed by atoms with van der Waals surface area (Å²) in [6.45, 7) is 4.94. The van der Waals surface area contributed by atoms with E-state index < -0.39 is 0 Å². The molecule has 4 aromatic rings. The van der Waals surface area contributed by atoms with Gasteiger partial charge in [-0.15, -0.1) is 0 Å². The van der Waals surface area contributed by atoms with Gasteiger partial charge in [0, 0.05) is 36.1 Å². The van der Waals surface area contributed by atoms with Gasteiger partial charge in [-0.05, 0) is 56.7 Å². The third-order valence-electron chi connectivity index (χ3n) is 5.21. The fourth-order valence-electron chi connectivity index (χ4n) is 3.70. The minimum Gasteiger partial charge on any atom is -0.352 e. The van der Waals surface area contributed by atoms with Gasteiger partial charge in [-0.1, -0.05) is 24.3 Å². The molecule has 0 aliphatic rings. The monoisotopic (exact) mass is 400 g/mol. The van der Waals surface area contributed by atoms with Crippen LogP contribution in [0.5, 0.6) is 0 Å². The molecule has 2 heterocycles. The number of pyridine rings is 1. The Hall–Kier alpha value is -3.67. The molecule has 0 bridgehead atoms. The topological polar surface area (TPSA) is 68.9 Å². The molecule has 0 fully saturated rings. The number of para-hydroxylation sites is 1. The van der Waals surface area contributed by atoms with E-state index in [-0.39, 0.29) is 11.5 Å². The smallest absolute Gasteiger partial charge is 0.251 e. The third kappa shape index (κ3) is 3.89. The zero-order valence-corrected chi connectivity index (χ0v) is 17.1. The van der Waals surface area contributed by atoms with Gasteiger partial charge in [0.05, 0.1) is 11.0 Å². The second kappa shape index (κ2) is 8.37. The lowest BCUT2D eigenvalue weighted by Crippen LogP contribution is -2.27. The van der Waals surface area contributed by atoms with E-state index in [0.717, 1.165) is 28.2 Å².